The van der Waals surface area contributed by atoms with Gasteiger partial charge in [0.2, 0.25) is 0 Å². The maximum absolute atomic E-state index is 13.0. The van der Waals surface area contributed by atoms with Crippen LogP contribution >= 0.6 is 0 Å². The summed E-state index contributed by atoms with van der Waals surface area (Å²) < 4.78 is 25.5. The van der Waals surface area contributed by atoms with E-state index in [9.17, 15) is 13.2 Å². The number of sulfone groups is 1. The number of rotatable bonds is 1. The summed E-state index contributed by atoms with van der Waals surface area (Å²) in [6.45, 7) is 6.06. The van der Waals surface area contributed by atoms with E-state index >= 15 is 0 Å². The Bertz CT molecular complexity index is 851. The van der Waals surface area contributed by atoms with Gasteiger partial charge in [-0.25, -0.2) is 17.9 Å². The Morgan fingerprint density at radius 1 is 1.26 bits per heavy atom. The van der Waals surface area contributed by atoms with Crippen LogP contribution < -0.4 is 0 Å². The molecule has 1 aliphatic heterocycles. The van der Waals surface area contributed by atoms with E-state index in [4.69, 9.17) is 0 Å². The minimum absolute atomic E-state index is 0.00134. The van der Waals surface area contributed by atoms with Crippen molar-refractivity contribution in [3.8, 4) is 0 Å². The van der Waals surface area contributed by atoms with Gasteiger partial charge in [0.1, 0.15) is 5.69 Å². The summed E-state index contributed by atoms with van der Waals surface area (Å²) in [5.74, 6) is -0.218. The number of amides is 1. The number of hydrogen-bond acceptors (Lipinski definition) is 5. The number of hydrogen-bond donors (Lipinski definition) is 0. The summed E-state index contributed by atoms with van der Waals surface area (Å²) in [4.78, 5) is 18.8. The van der Waals surface area contributed by atoms with E-state index < -0.39 is 9.84 Å². The van der Waals surface area contributed by atoms with Crippen molar-refractivity contribution in [1.82, 2.24) is 19.5 Å². The Morgan fingerprint density at radius 3 is 2.70 bits per heavy atom. The summed E-state index contributed by atoms with van der Waals surface area (Å²) in [6.07, 6.45) is 3.15. The number of carbonyl (C=O) groups is 1. The van der Waals surface area contributed by atoms with Gasteiger partial charge in [-0.2, -0.15) is 5.10 Å². The minimum Gasteiger partial charge on any atom is -0.332 e. The van der Waals surface area contributed by atoms with Gasteiger partial charge < -0.3 is 4.90 Å². The third kappa shape index (κ3) is 2.95. The third-order valence-electron chi connectivity index (χ3n) is 4.20. The van der Waals surface area contributed by atoms with E-state index in [0.29, 0.717) is 11.3 Å². The fraction of sp³-hybridized carbons (Fsp3) is 0.533. The predicted octanol–water partition coefficient (Wildman–Crippen LogP) is 1.01. The van der Waals surface area contributed by atoms with Crippen molar-refractivity contribution in [2.75, 3.05) is 18.1 Å². The highest BCUT2D eigenvalue weighted by atomic mass is 32.2. The molecule has 0 radical (unpaired) electrons. The lowest BCUT2D eigenvalue weighted by Gasteiger charge is -2.42. The Balaban J connectivity index is 2.02. The molecule has 1 amide bonds. The normalized spacial score (nSPS) is 21.5. The molecule has 2 aromatic rings. The van der Waals surface area contributed by atoms with Crippen molar-refractivity contribution in [3.63, 3.8) is 0 Å². The second-order valence-electron chi connectivity index (χ2n) is 6.93. The van der Waals surface area contributed by atoms with Crippen LogP contribution in [0.1, 0.15) is 31.3 Å². The van der Waals surface area contributed by atoms with E-state index in [1.54, 1.807) is 29.4 Å². The van der Waals surface area contributed by atoms with Crippen LogP contribution in [0.3, 0.4) is 0 Å². The van der Waals surface area contributed by atoms with Crippen molar-refractivity contribution >= 4 is 21.4 Å². The highest BCUT2D eigenvalue weighted by Crippen LogP contribution is 2.29. The van der Waals surface area contributed by atoms with Crippen LogP contribution in [0.4, 0.5) is 0 Å². The number of fused-ring (bicyclic) bond motifs is 1. The Kier molecular flexibility index (Phi) is 3.66. The van der Waals surface area contributed by atoms with Gasteiger partial charge in [0.15, 0.2) is 15.5 Å². The molecule has 3 rings (SSSR count). The minimum atomic E-state index is -3.12. The molecule has 3 heterocycles. The monoisotopic (exact) mass is 336 g/mol. The molecule has 0 spiro atoms. The molecular weight excluding hydrogens is 316 g/mol. The third-order valence-corrected chi connectivity index (χ3v) is 5.83. The first-order valence-electron chi connectivity index (χ1n) is 7.49. The number of nitrogens with zero attached hydrogens (tertiary/aromatic N) is 4. The summed E-state index contributed by atoms with van der Waals surface area (Å²) in [5.41, 5.74) is 0.653. The molecule has 1 atom stereocenters. The fourth-order valence-corrected chi connectivity index (χ4v) is 4.71. The molecule has 0 saturated carbocycles. The lowest BCUT2D eigenvalue weighted by atomic mass is 9.86. The quantitative estimate of drug-likeness (QED) is 0.776. The van der Waals surface area contributed by atoms with E-state index in [2.05, 4.69) is 10.1 Å². The van der Waals surface area contributed by atoms with Crippen LogP contribution in [0.25, 0.3) is 5.65 Å². The standard InChI is InChI=1S/C15H20N4O3S/c1-15(2,3)12-10-23(21,22)9-8-18(12)14(20)11-4-6-16-13-5-7-17-19(11)13/h4-7,12H,8-10H2,1-3H3/t12-/m0/s1. The first-order valence-corrected chi connectivity index (χ1v) is 9.31. The molecule has 124 valence electrons. The van der Waals surface area contributed by atoms with Gasteiger partial charge in [0.05, 0.1) is 23.7 Å². The lowest BCUT2D eigenvalue weighted by molar-refractivity contribution is 0.0553. The molecule has 0 aromatic carbocycles. The van der Waals surface area contributed by atoms with Crippen molar-refractivity contribution in [3.05, 3.63) is 30.2 Å². The Labute approximate surface area is 135 Å². The molecule has 1 fully saturated rings. The number of carbonyl (C=O) groups excluding carboxylic acids is 1. The largest absolute Gasteiger partial charge is 0.332 e. The average molecular weight is 336 g/mol. The molecule has 0 bridgehead atoms. The Hall–Kier alpha value is -1.96. The van der Waals surface area contributed by atoms with Gasteiger partial charge in [-0.1, -0.05) is 20.8 Å². The van der Waals surface area contributed by atoms with Crippen LogP contribution in [0, 0.1) is 5.41 Å². The molecule has 0 N–H and O–H groups in total. The topological polar surface area (TPSA) is 84.6 Å². The maximum atomic E-state index is 13.0. The smallest absolute Gasteiger partial charge is 0.272 e. The predicted molar refractivity (Wildman–Crippen MR) is 85.9 cm³/mol. The maximum Gasteiger partial charge on any atom is 0.272 e. The molecule has 7 nitrogen and oxygen atoms in total. The van der Waals surface area contributed by atoms with Gasteiger partial charge in [-0.05, 0) is 11.5 Å². The van der Waals surface area contributed by atoms with E-state index in [1.807, 2.05) is 20.8 Å². The van der Waals surface area contributed by atoms with Crippen LogP contribution in [-0.4, -0.2) is 57.9 Å². The van der Waals surface area contributed by atoms with Crippen molar-refractivity contribution < 1.29 is 13.2 Å². The first kappa shape index (κ1) is 15.9. The molecule has 0 unspecified atom stereocenters. The average Bonchev–Trinajstić information content (AvgIpc) is 2.93. The van der Waals surface area contributed by atoms with Crippen molar-refractivity contribution in [2.24, 2.45) is 5.41 Å². The van der Waals surface area contributed by atoms with Crippen molar-refractivity contribution in [2.45, 2.75) is 26.8 Å². The highest BCUT2D eigenvalue weighted by Gasteiger charge is 2.41. The van der Waals surface area contributed by atoms with Crippen LogP contribution in [0.2, 0.25) is 0 Å². The highest BCUT2D eigenvalue weighted by molar-refractivity contribution is 7.91. The molecule has 1 saturated heterocycles. The second kappa shape index (κ2) is 5.30. The van der Waals surface area contributed by atoms with E-state index in [0.717, 1.165) is 0 Å². The summed E-state index contributed by atoms with van der Waals surface area (Å²) in [7, 11) is -3.12. The Morgan fingerprint density at radius 2 is 2.00 bits per heavy atom. The van der Waals surface area contributed by atoms with Gasteiger partial charge in [0.25, 0.3) is 5.91 Å². The van der Waals surface area contributed by atoms with E-state index in [1.165, 1.54) is 4.52 Å². The SMILES string of the molecule is CC(C)(C)[C@@H]1CS(=O)(=O)CCN1C(=O)c1ccnc2ccnn12. The number of aromatic nitrogens is 3. The zero-order valence-corrected chi connectivity index (χ0v) is 14.2. The van der Waals surface area contributed by atoms with Crippen molar-refractivity contribution in [1.29, 1.82) is 0 Å². The molecular formula is C15H20N4O3S. The molecule has 23 heavy (non-hydrogen) atoms. The van der Waals surface area contributed by atoms with Gasteiger partial charge in [0, 0.05) is 18.8 Å². The van der Waals surface area contributed by atoms with Gasteiger partial charge in [-0.15, -0.1) is 0 Å². The van der Waals surface area contributed by atoms with Gasteiger partial charge in [-0.3, -0.25) is 4.79 Å². The molecule has 1 aliphatic rings. The van der Waals surface area contributed by atoms with Gasteiger partial charge >= 0.3 is 0 Å². The van der Waals surface area contributed by atoms with E-state index in [-0.39, 0.29) is 35.4 Å². The first-order chi connectivity index (χ1) is 10.7. The molecule has 0 aliphatic carbocycles. The summed E-state index contributed by atoms with van der Waals surface area (Å²) >= 11 is 0. The van der Waals surface area contributed by atoms with Crippen LogP contribution in [-0.2, 0) is 9.84 Å². The second-order valence-corrected chi connectivity index (χ2v) is 9.15. The zero-order chi connectivity index (χ0) is 16.8. The zero-order valence-electron chi connectivity index (χ0n) is 13.4. The van der Waals surface area contributed by atoms with Crippen LogP contribution in [0.5, 0.6) is 0 Å². The lowest BCUT2D eigenvalue weighted by Crippen LogP contribution is -2.56. The molecule has 8 heteroatoms. The summed E-state index contributed by atoms with van der Waals surface area (Å²) in [5, 5.41) is 4.14. The van der Waals surface area contributed by atoms with Crippen LogP contribution in [0.15, 0.2) is 24.5 Å². The molecule has 2 aromatic heterocycles. The summed E-state index contributed by atoms with van der Waals surface area (Å²) in [6, 6.07) is 2.97. The fourth-order valence-electron chi connectivity index (χ4n) is 2.91.